The number of hydrogen-bond acceptors (Lipinski definition) is 4. The first kappa shape index (κ1) is 10.8. The second-order valence-electron chi connectivity index (χ2n) is 2.29. The molecule has 4 heteroatoms. The van der Waals surface area contributed by atoms with Gasteiger partial charge in [-0.3, -0.25) is 4.79 Å². The van der Waals surface area contributed by atoms with E-state index in [9.17, 15) is 4.79 Å². The number of carbonyl (C=O) groups is 1. The van der Waals surface area contributed by atoms with Crippen LogP contribution in [0.2, 0.25) is 0 Å². The third-order valence-electron chi connectivity index (χ3n) is 1.31. The lowest BCUT2D eigenvalue weighted by Gasteiger charge is -2.09. The maximum absolute atomic E-state index is 10.8. The zero-order valence-corrected chi connectivity index (χ0v) is 7.69. The maximum Gasteiger partial charge on any atom is 0.306 e. The average Bonchev–Trinajstić information content (AvgIpc) is 2.00. The minimum absolute atomic E-state index is 0.00815. The molecular weight excluding hydrogens is 164 g/mol. The molecule has 0 aromatic carbocycles. The van der Waals surface area contributed by atoms with Crippen molar-refractivity contribution < 1.29 is 14.1 Å². The summed E-state index contributed by atoms with van der Waals surface area (Å²) in [5.74, 6) is 0.177. The van der Waals surface area contributed by atoms with Gasteiger partial charge >= 0.3 is 5.97 Å². The summed E-state index contributed by atoms with van der Waals surface area (Å²) in [7, 11) is 0. The van der Waals surface area contributed by atoms with Crippen molar-refractivity contribution in [2.24, 2.45) is 0 Å². The molecule has 0 aliphatic heterocycles. The lowest BCUT2D eigenvalue weighted by atomic mass is 10.3. The van der Waals surface area contributed by atoms with Crippen LogP contribution in [0.15, 0.2) is 0 Å². The van der Waals surface area contributed by atoms with Crippen molar-refractivity contribution in [3.8, 4) is 0 Å². The van der Waals surface area contributed by atoms with Crippen molar-refractivity contribution >= 4 is 18.0 Å². The van der Waals surface area contributed by atoms with Crippen LogP contribution in [0.5, 0.6) is 0 Å². The fourth-order valence-electron chi connectivity index (χ4n) is 0.496. The topological polar surface area (TPSA) is 46.5 Å². The smallest absolute Gasteiger partial charge is 0.306 e. The van der Waals surface area contributed by atoms with Crippen LogP contribution >= 0.6 is 12.0 Å². The molecule has 0 amide bonds. The molecule has 0 aliphatic carbocycles. The highest BCUT2D eigenvalue weighted by Gasteiger charge is 2.06. The van der Waals surface area contributed by atoms with Crippen molar-refractivity contribution in [1.29, 1.82) is 0 Å². The Hall–Kier alpha value is -0.220. The van der Waals surface area contributed by atoms with E-state index < -0.39 is 0 Å². The summed E-state index contributed by atoms with van der Waals surface area (Å²) in [6, 6.07) is 0. The first-order valence-corrected chi connectivity index (χ1v) is 4.60. The number of esters is 1. The third-order valence-corrected chi connectivity index (χ3v) is 1.69. The highest BCUT2D eigenvalue weighted by molar-refractivity contribution is 7.93. The second kappa shape index (κ2) is 6.49. The van der Waals surface area contributed by atoms with Crippen molar-refractivity contribution in [3.05, 3.63) is 0 Å². The highest BCUT2D eigenvalue weighted by atomic mass is 32.2. The zero-order valence-electron chi connectivity index (χ0n) is 6.87. The summed E-state index contributed by atoms with van der Waals surface area (Å²) in [4.78, 5) is 10.8. The number of rotatable bonds is 5. The van der Waals surface area contributed by atoms with Gasteiger partial charge in [-0.2, -0.15) is 0 Å². The molecule has 1 atom stereocenters. The summed E-state index contributed by atoms with van der Waals surface area (Å²) in [6.45, 7) is 3.81. The number of ether oxygens (including phenoxy) is 1. The summed E-state index contributed by atoms with van der Waals surface area (Å²) in [5.41, 5.74) is 0. The fraction of sp³-hybridized carbons (Fsp3) is 0.857. The van der Waals surface area contributed by atoms with Gasteiger partial charge < -0.3 is 9.29 Å². The van der Waals surface area contributed by atoms with E-state index in [4.69, 9.17) is 9.29 Å². The van der Waals surface area contributed by atoms with E-state index in [1.54, 1.807) is 0 Å². The molecule has 1 N–H and O–H groups in total. The maximum atomic E-state index is 10.8. The van der Waals surface area contributed by atoms with Crippen molar-refractivity contribution in [3.63, 3.8) is 0 Å². The Balaban J connectivity index is 3.36. The van der Waals surface area contributed by atoms with E-state index in [0.717, 1.165) is 6.42 Å². The quantitative estimate of drug-likeness (QED) is 0.516. The molecule has 0 radical (unpaired) electrons. The molecule has 0 saturated heterocycles. The normalized spacial score (nSPS) is 12.6. The lowest BCUT2D eigenvalue weighted by molar-refractivity contribution is -0.147. The van der Waals surface area contributed by atoms with Crippen LogP contribution in [-0.4, -0.2) is 22.4 Å². The van der Waals surface area contributed by atoms with Gasteiger partial charge in [-0.15, -0.1) is 0 Å². The van der Waals surface area contributed by atoms with E-state index in [1.165, 1.54) is 0 Å². The molecule has 3 nitrogen and oxygen atoms in total. The summed E-state index contributed by atoms with van der Waals surface area (Å²) < 4.78 is 13.3. The average molecular weight is 178 g/mol. The van der Waals surface area contributed by atoms with Gasteiger partial charge in [-0.1, -0.05) is 6.92 Å². The van der Waals surface area contributed by atoms with Crippen molar-refractivity contribution in [2.45, 2.75) is 32.8 Å². The molecule has 0 rings (SSSR count). The molecule has 0 bridgehead atoms. The first-order chi connectivity index (χ1) is 5.20. The van der Waals surface area contributed by atoms with Gasteiger partial charge in [0.15, 0.2) is 0 Å². The van der Waals surface area contributed by atoms with Crippen molar-refractivity contribution in [1.82, 2.24) is 0 Å². The Kier molecular flexibility index (Phi) is 6.36. The van der Waals surface area contributed by atoms with Crippen LogP contribution in [0.4, 0.5) is 0 Å². The molecule has 1 unspecified atom stereocenters. The Labute approximate surface area is 71.3 Å². The standard InChI is InChI=1S/C7H14O3S/c1-3-6(2)10-7(8)4-5-11-9/h6,9H,3-5H2,1-2H3. The van der Waals surface area contributed by atoms with Gasteiger partial charge in [-0.05, 0) is 25.4 Å². The van der Waals surface area contributed by atoms with E-state index in [1.807, 2.05) is 13.8 Å². The van der Waals surface area contributed by atoms with Crippen LogP contribution in [0.1, 0.15) is 26.7 Å². The van der Waals surface area contributed by atoms with E-state index >= 15 is 0 Å². The Morgan fingerprint density at radius 1 is 1.73 bits per heavy atom. The van der Waals surface area contributed by atoms with Crippen LogP contribution in [0.25, 0.3) is 0 Å². The van der Waals surface area contributed by atoms with Crippen molar-refractivity contribution in [2.75, 3.05) is 5.75 Å². The lowest BCUT2D eigenvalue weighted by Crippen LogP contribution is -2.14. The molecule has 0 aliphatic rings. The molecule has 0 aromatic heterocycles. The summed E-state index contributed by atoms with van der Waals surface area (Å²) >= 11 is 0.664. The van der Waals surface area contributed by atoms with Crippen LogP contribution in [0, 0.1) is 0 Å². The summed E-state index contributed by atoms with van der Waals surface area (Å²) in [6.07, 6.45) is 1.11. The molecule has 0 spiro atoms. The van der Waals surface area contributed by atoms with E-state index in [2.05, 4.69) is 0 Å². The van der Waals surface area contributed by atoms with Gasteiger partial charge in [0, 0.05) is 5.75 Å². The van der Waals surface area contributed by atoms with Gasteiger partial charge in [0.05, 0.1) is 12.5 Å². The predicted octanol–water partition coefficient (Wildman–Crippen LogP) is 1.92. The highest BCUT2D eigenvalue weighted by Crippen LogP contribution is 2.01. The molecular formula is C7H14O3S. The number of hydrogen-bond donors (Lipinski definition) is 1. The predicted molar refractivity (Wildman–Crippen MR) is 45.5 cm³/mol. The minimum Gasteiger partial charge on any atom is -0.463 e. The minimum atomic E-state index is -0.235. The Morgan fingerprint density at radius 3 is 2.82 bits per heavy atom. The monoisotopic (exact) mass is 178 g/mol. The SMILES string of the molecule is CCC(C)OC(=O)CCSO. The van der Waals surface area contributed by atoms with Crippen LogP contribution in [-0.2, 0) is 9.53 Å². The molecule has 0 aromatic rings. The van der Waals surface area contributed by atoms with Gasteiger partial charge in [0.25, 0.3) is 0 Å². The van der Waals surface area contributed by atoms with E-state index in [-0.39, 0.29) is 18.5 Å². The first-order valence-electron chi connectivity index (χ1n) is 3.66. The van der Waals surface area contributed by atoms with Gasteiger partial charge in [-0.25, -0.2) is 0 Å². The summed E-state index contributed by atoms with van der Waals surface area (Å²) in [5, 5.41) is 0. The largest absolute Gasteiger partial charge is 0.463 e. The van der Waals surface area contributed by atoms with E-state index in [0.29, 0.717) is 17.8 Å². The Bertz CT molecular complexity index is 116. The van der Waals surface area contributed by atoms with Gasteiger partial charge in [0.1, 0.15) is 0 Å². The zero-order chi connectivity index (χ0) is 8.69. The molecule has 0 heterocycles. The Morgan fingerprint density at radius 2 is 2.36 bits per heavy atom. The third kappa shape index (κ3) is 6.19. The molecule has 0 fully saturated rings. The fourth-order valence-corrected chi connectivity index (χ4v) is 0.754. The number of carbonyl (C=O) groups excluding carboxylic acids is 1. The molecule has 66 valence electrons. The molecule has 11 heavy (non-hydrogen) atoms. The molecule has 0 saturated carbocycles. The van der Waals surface area contributed by atoms with Crippen LogP contribution in [0.3, 0.4) is 0 Å². The van der Waals surface area contributed by atoms with Crippen LogP contribution < -0.4 is 0 Å². The van der Waals surface area contributed by atoms with Gasteiger partial charge in [0.2, 0.25) is 0 Å². The second-order valence-corrected chi connectivity index (χ2v) is 2.96.